The number of amides is 1. The second-order valence-corrected chi connectivity index (χ2v) is 5.71. The Balaban J connectivity index is 1.93. The summed E-state index contributed by atoms with van der Waals surface area (Å²) in [5.74, 6) is -0.0388. The number of halogens is 1. The lowest BCUT2D eigenvalue weighted by Crippen LogP contribution is -2.14. The molecule has 3 rings (SSSR count). The number of nitrogens with one attached hydrogen (secondary N) is 1. The highest BCUT2D eigenvalue weighted by Crippen LogP contribution is 2.32. The van der Waals surface area contributed by atoms with Gasteiger partial charge in [0.1, 0.15) is 11.6 Å². The van der Waals surface area contributed by atoms with Crippen molar-refractivity contribution in [2.45, 2.75) is 6.92 Å². The third kappa shape index (κ3) is 3.57. The molecule has 9 heteroatoms. The van der Waals surface area contributed by atoms with Gasteiger partial charge in [0.05, 0.1) is 43.6 Å². The fourth-order valence-electron chi connectivity index (χ4n) is 2.53. The highest BCUT2D eigenvalue weighted by Gasteiger charge is 2.18. The first-order chi connectivity index (χ1) is 12.9. The van der Waals surface area contributed by atoms with Crippen molar-refractivity contribution in [1.29, 1.82) is 0 Å². The largest absolute Gasteiger partial charge is 0.496 e. The van der Waals surface area contributed by atoms with E-state index in [0.29, 0.717) is 28.5 Å². The maximum atomic E-state index is 13.6. The van der Waals surface area contributed by atoms with E-state index in [-0.39, 0.29) is 11.4 Å². The van der Waals surface area contributed by atoms with E-state index in [1.165, 1.54) is 25.1 Å². The van der Waals surface area contributed by atoms with Crippen molar-refractivity contribution >= 4 is 11.6 Å². The number of hydrogen-bond acceptors (Lipinski definition) is 6. The smallest absolute Gasteiger partial charge is 0.276 e. The van der Waals surface area contributed by atoms with Gasteiger partial charge in [-0.05, 0) is 13.0 Å². The maximum Gasteiger partial charge on any atom is 0.276 e. The molecule has 0 fully saturated rings. The standard InChI is InChI=1S/C18H18FN5O3/c1-10-12(19)8-20-9-14(10)22-18(25)13-5-15(24(2)23-13)11-7-21-17(27-4)6-16(11)26-3/h5-9H,1-4H3,(H,22,25). The van der Waals surface area contributed by atoms with E-state index in [9.17, 15) is 9.18 Å². The van der Waals surface area contributed by atoms with Crippen LogP contribution in [0.1, 0.15) is 16.1 Å². The number of nitrogens with zero attached hydrogens (tertiary/aromatic N) is 4. The second kappa shape index (κ2) is 7.40. The number of ether oxygens (including phenoxy) is 2. The molecule has 0 bridgehead atoms. The van der Waals surface area contributed by atoms with Crippen molar-refractivity contribution in [3.63, 3.8) is 0 Å². The minimum Gasteiger partial charge on any atom is -0.496 e. The average Bonchev–Trinajstić information content (AvgIpc) is 3.06. The molecule has 140 valence electrons. The van der Waals surface area contributed by atoms with Gasteiger partial charge in [0.25, 0.3) is 5.91 Å². The number of anilines is 1. The number of hydrogen-bond donors (Lipinski definition) is 1. The van der Waals surface area contributed by atoms with Gasteiger partial charge in [-0.2, -0.15) is 5.10 Å². The molecule has 0 unspecified atom stereocenters. The highest BCUT2D eigenvalue weighted by atomic mass is 19.1. The van der Waals surface area contributed by atoms with Crippen molar-refractivity contribution in [3.8, 4) is 22.9 Å². The van der Waals surface area contributed by atoms with Crippen LogP contribution in [-0.2, 0) is 7.05 Å². The Bertz CT molecular complexity index is 1000. The fourth-order valence-corrected chi connectivity index (χ4v) is 2.53. The lowest BCUT2D eigenvalue weighted by Gasteiger charge is -2.09. The van der Waals surface area contributed by atoms with Crippen LogP contribution in [0.3, 0.4) is 0 Å². The summed E-state index contributed by atoms with van der Waals surface area (Å²) in [6.45, 7) is 1.56. The molecule has 1 N–H and O–H groups in total. The first-order valence-electron chi connectivity index (χ1n) is 7.98. The maximum absolute atomic E-state index is 13.6. The van der Waals surface area contributed by atoms with Crippen LogP contribution in [-0.4, -0.2) is 39.9 Å². The molecule has 27 heavy (non-hydrogen) atoms. The minimum atomic E-state index is -0.497. The zero-order chi connectivity index (χ0) is 19.6. The first-order valence-corrected chi connectivity index (χ1v) is 7.98. The van der Waals surface area contributed by atoms with E-state index < -0.39 is 11.7 Å². The molecule has 3 aromatic heterocycles. The molecule has 0 radical (unpaired) electrons. The SMILES string of the molecule is COc1cc(OC)c(-c2cc(C(=O)Nc3cncc(F)c3C)nn2C)cn1. The normalized spacial score (nSPS) is 10.6. The molecule has 0 aliphatic carbocycles. The Morgan fingerprint density at radius 2 is 1.96 bits per heavy atom. The van der Waals surface area contributed by atoms with Crippen molar-refractivity contribution < 1.29 is 18.7 Å². The van der Waals surface area contributed by atoms with Gasteiger partial charge in [-0.25, -0.2) is 9.37 Å². The number of rotatable bonds is 5. The van der Waals surface area contributed by atoms with Crippen molar-refractivity contribution in [2.75, 3.05) is 19.5 Å². The van der Waals surface area contributed by atoms with Gasteiger partial charge in [0.2, 0.25) is 5.88 Å². The molecule has 0 saturated heterocycles. The second-order valence-electron chi connectivity index (χ2n) is 5.71. The number of aromatic nitrogens is 4. The number of carbonyl (C=O) groups excluding carboxylic acids is 1. The Kier molecular flexibility index (Phi) is 5.02. The summed E-state index contributed by atoms with van der Waals surface area (Å²) in [4.78, 5) is 20.4. The molecular formula is C18H18FN5O3. The Hall–Kier alpha value is -3.49. The molecule has 0 atom stereocenters. The molecule has 0 aliphatic heterocycles. The van der Waals surface area contributed by atoms with Gasteiger partial charge >= 0.3 is 0 Å². The van der Waals surface area contributed by atoms with E-state index in [4.69, 9.17) is 9.47 Å². The highest BCUT2D eigenvalue weighted by molar-refractivity contribution is 6.03. The third-order valence-corrected chi connectivity index (χ3v) is 4.06. The molecule has 3 aromatic rings. The van der Waals surface area contributed by atoms with Gasteiger partial charge in [-0.1, -0.05) is 0 Å². The Morgan fingerprint density at radius 3 is 2.67 bits per heavy atom. The van der Waals surface area contributed by atoms with Crippen LogP contribution >= 0.6 is 0 Å². The molecule has 0 aliphatic rings. The number of pyridine rings is 2. The van der Waals surface area contributed by atoms with E-state index >= 15 is 0 Å². The van der Waals surface area contributed by atoms with Crippen LogP contribution in [0.5, 0.6) is 11.6 Å². The van der Waals surface area contributed by atoms with E-state index in [1.807, 2.05) is 0 Å². The Labute approximate surface area is 155 Å². The van der Waals surface area contributed by atoms with Gasteiger partial charge < -0.3 is 14.8 Å². The van der Waals surface area contributed by atoms with Crippen LogP contribution in [0.2, 0.25) is 0 Å². The van der Waals surface area contributed by atoms with Crippen LogP contribution in [0, 0.1) is 12.7 Å². The van der Waals surface area contributed by atoms with E-state index in [0.717, 1.165) is 6.20 Å². The summed E-state index contributed by atoms with van der Waals surface area (Å²) in [6, 6.07) is 3.24. The summed E-state index contributed by atoms with van der Waals surface area (Å²) in [5, 5.41) is 6.85. The Morgan fingerprint density at radius 1 is 1.19 bits per heavy atom. The lowest BCUT2D eigenvalue weighted by atomic mass is 10.1. The number of methoxy groups -OCH3 is 2. The zero-order valence-corrected chi connectivity index (χ0v) is 15.3. The van der Waals surface area contributed by atoms with Crippen LogP contribution in [0.4, 0.5) is 10.1 Å². The quantitative estimate of drug-likeness (QED) is 0.741. The van der Waals surface area contributed by atoms with Gasteiger partial charge in [0, 0.05) is 24.9 Å². The molecule has 0 aromatic carbocycles. The van der Waals surface area contributed by atoms with Gasteiger partial charge in [-0.15, -0.1) is 0 Å². The zero-order valence-electron chi connectivity index (χ0n) is 15.3. The lowest BCUT2D eigenvalue weighted by molar-refractivity contribution is 0.102. The fraction of sp³-hybridized carbons (Fsp3) is 0.222. The first kappa shape index (κ1) is 18.3. The summed E-state index contributed by atoms with van der Waals surface area (Å²) in [7, 11) is 4.74. The predicted molar refractivity (Wildman–Crippen MR) is 96.4 cm³/mol. The molecule has 0 spiro atoms. The monoisotopic (exact) mass is 371 g/mol. The van der Waals surface area contributed by atoms with Crippen molar-refractivity contribution in [1.82, 2.24) is 19.7 Å². The summed E-state index contributed by atoms with van der Waals surface area (Å²) in [6.07, 6.45) is 4.06. The molecule has 3 heterocycles. The molecule has 0 saturated carbocycles. The summed E-state index contributed by atoms with van der Waals surface area (Å²) >= 11 is 0. The van der Waals surface area contributed by atoms with Crippen LogP contribution < -0.4 is 14.8 Å². The molecule has 1 amide bonds. The average molecular weight is 371 g/mol. The minimum absolute atomic E-state index is 0.161. The molecular weight excluding hydrogens is 353 g/mol. The van der Waals surface area contributed by atoms with Gasteiger partial charge in [-0.3, -0.25) is 14.5 Å². The van der Waals surface area contributed by atoms with E-state index in [1.54, 1.807) is 32.3 Å². The van der Waals surface area contributed by atoms with Crippen molar-refractivity contribution in [2.24, 2.45) is 7.05 Å². The molecule has 8 nitrogen and oxygen atoms in total. The number of carbonyl (C=O) groups is 1. The van der Waals surface area contributed by atoms with Crippen molar-refractivity contribution in [3.05, 3.63) is 47.8 Å². The number of aryl methyl sites for hydroxylation is 1. The van der Waals surface area contributed by atoms with Gasteiger partial charge in [0.15, 0.2) is 5.69 Å². The van der Waals surface area contributed by atoms with Crippen LogP contribution in [0.15, 0.2) is 30.7 Å². The predicted octanol–water partition coefficient (Wildman–Crippen LogP) is 2.59. The summed E-state index contributed by atoms with van der Waals surface area (Å²) in [5.41, 5.74) is 2.03. The topological polar surface area (TPSA) is 91.2 Å². The third-order valence-electron chi connectivity index (χ3n) is 4.06. The van der Waals surface area contributed by atoms with Crippen LogP contribution in [0.25, 0.3) is 11.3 Å². The van der Waals surface area contributed by atoms with E-state index in [2.05, 4.69) is 20.4 Å². The summed E-state index contributed by atoms with van der Waals surface area (Å²) < 4.78 is 25.6.